The molecule has 0 aromatic heterocycles. The molecule has 0 spiro atoms. The number of rotatable bonds is 4. The molecular weight excluding hydrogens is 320 g/mol. The molecule has 1 saturated heterocycles. The minimum Gasteiger partial charge on any atom is -0.285 e. The van der Waals surface area contributed by atoms with Crippen molar-refractivity contribution in [2.24, 2.45) is 0 Å². The van der Waals surface area contributed by atoms with E-state index < -0.39 is 0 Å². The molecule has 1 aliphatic carbocycles. The van der Waals surface area contributed by atoms with E-state index in [1.165, 1.54) is 15.9 Å². The fourth-order valence-corrected chi connectivity index (χ4v) is 2.80. The van der Waals surface area contributed by atoms with Gasteiger partial charge < -0.3 is 0 Å². The van der Waals surface area contributed by atoms with Crippen molar-refractivity contribution in [2.45, 2.75) is 13.8 Å². The summed E-state index contributed by atoms with van der Waals surface area (Å²) < 4.78 is 0. The Balaban J connectivity index is 2.28. The molecule has 1 aliphatic heterocycles. The van der Waals surface area contributed by atoms with Crippen LogP contribution in [-0.2, 0) is 9.59 Å². The second-order valence-electron chi connectivity index (χ2n) is 4.65. The Labute approximate surface area is 141 Å². The van der Waals surface area contributed by atoms with Crippen molar-refractivity contribution in [3.63, 3.8) is 0 Å². The van der Waals surface area contributed by atoms with Crippen LogP contribution >= 0.6 is 23.8 Å². The molecule has 5 radical (unpaired) electrons. The lowest BCUT2D eigenvalue weighted by Gasteiger charge is -2.35. The first-order valence-electron chi connectivity index (χ1n) is 6.98. The molecule has 2 aliphatic rings. The van der Waals surface area contributed by atoms with Gasteiger partial charge in [-0.2, -0.15) is 0 Å². The number of carbonyl (C=O) groups excluding carboxylic acids is 2. The summed E-state index contributed by atoms with van der Waals surface area (Å²) in [6.07, 6.45) is 10.5. The van der Waals surface area contributed by atoms with Crippen LogP contribution in [0.1, 0.15) is 13.8 Å². The van der Waals surface area contributed by atoms with E-state index >= 15 is 0 Å². The number of hydrogen-bond donors (Lipinski definition) is 0. The lowest BCUT2D eigenvalue weighted by molar-refractivity contribution is -0.133. The molecular formula is C16H16ClN2O2S. The molecule has 0 aromatic carbocycles. The first kappa shape index (κ1) is 17.2. The fraction of sp³-hybridized carbons (Fsp3) is 0.250. The molecule has 2 amide bonds. The topological polar surface area (TPSA) is 40.6 Å². The first-order chi connectivity index (χ1) is 10.5. The summed E-state index contributed by atoms with van der Waals surface area (Å²) in [6, 6.07) is 0. The minimum atomic E-state index is -0.384. The Kier molecular flexibility index (Phi) is 5.75. The molecule has 0 atom stereocenters. The van der Waals surface area contributed by atoms with Gasteiger partial charge in [0.1, 0.15) is 5.57 Å². The fourth-order valence-electron chi connectivity index (χ4n) is 2.19. The smallest absolute Gasteiger partial charge is 0.265 e. The Morgan fingerprint density at radius 2 is 1.64 bits per heavy atom. The Hall–Kier alpha value is -1.20. The monoisotopic (exact) mass is 335 g/mol. The van der Waals surface area contributed by atoms with Crippen LogP contribution in [0.4, 0.5) is 0 Å². The summed E-state index contributed by atoms with van der Waals surface area (Å²) in [4.78, 5) is 27.6. The van der Waals surface area contributed by atoms with Gasteiger partial charge in [0.2, 0.25) is 0 Å². The highest BCUT2D eigenvalue weighted by Gasteiger charge is 2.37. The lowest BCUT2D eigenvalue weighted by Crippen LogP contribution is -2.55. The van der Waals surface area contributed by atoms with E-state index in [1.54, 1.807) is 6.08 Å². The Bertz CT molecular complexity index is 522. The first-order valence-corrected chi connectivity index (χ1v) is 7.77. The number of thiocarbonyl (C=S) groups is 1. The number of hydrogen-bond acceptors (Lipinski definition) is 3. The van der Waals surface area contributed by atoms with Crippen molar-refractivity contribution < 1.29 is 9.59 Å². The van der Waals surface area contributed by atoms with Crippen molar-refractivity contribution >= 4 is 40.7 Å². The van der Waals surface area contributed by atoms with E-state index in [1.807, 2.05) is 39.5 Å². The standard InChI is InChI=1S/C16H16ClN2O2S/c1-3-18-14(20)12(15(21)19(4-2)16(18)22)9-10-13(17)11-7-5-6-8-11/h5-10H,3-4H2,1-2H3/b13-10-. The number of allylic oxidation sites excluding steroid dienone is 3. The van der Waals surface area contributed by atoms with Gasteiger partial charge in [-0.1, -0.05) is 11.6 Å². The van der Waals surface area contributed by atoms with Gasteiger partial charge in [-0.25, -0.2) is 0 Å². The highest BCUT2D eigenvalue weighted by atomic mass is 35.5. The predicted octanol–water partition coefficient (Wildman–Crippen LogP) is 2.44. The lowest BCUT2D eigenvalue weighted by atomic mass is 10.1. The predicted molar refractivity (Wildman–Crippen MR) is 89.8 cm³/mol. The highest BCUT2D eigenvalue weighted by Crippen LogP contribution is 2.32. The summed E-state index contributed by atoms with van der Waals surface area (Å²) in [7, 11) is 0. The van der Waals surface area contributed by atoms with Gasteiger partial charge in [0, 0.05) is 24.0 Å². The third kappa shape index (κ3) is 3.25. The molecule has 1 heterocycles. The van der Waals surface area contributed by atoms with Gasteiger partial charge in [0.05, 0.1) is 0 Å². The summed E-state index contributed by atoms with van der Waals surface area (Å²) >= 11 is 11.4. The number of nitrogens with zero attached hydrogens (tertiary/aromatic N) is 2. The van der Waals surface area contributed by atoms with Gasteiger partial charge in [-0.3, -0.25) is 19.4 Å². The highest BCUT2D eigenvalue weighted by molar-refractivity contribution is 7.80. The molecule has 4 nitrogen and oxygen atoms in total. The van der Waals surface area contributed by atoms with Crippen LogP contribution < -0.4 is 0 Å². The van der Waals surface area contributed by atoms with Gasteiger partial charge in [-0.15, -0.1) is 0 Å². The average molecular weight is 336 g/mol. The second kappa shape index (κ2) is 7.38. The van der Waals surface area contributed by atoms with Gasteiger partial charge in [0.15, 0.2) is 5.11 Å². The van der Waals surface area contributed by atoms with Crippen molar-refractivity contribution in [3.05, 3.63) is 54.4 Å². The molecule has 6 heteroatoms. The van der Waals surface area contributed by atoms with Gasteiger partial charge in [0.25, 0.3) is 11.8 Å². The third-order valence-electron chi connectivity index (χ3n) is 3.38. The maximum Gasteiger partial charge on any atom is 0.265 e. The zero-order valence-corrected chi connectivity index (χ0v) is 13.9. The number of carbonyl (C=O) groups is 2. The molecule has 0 bridgehead atoms. The molecule has 1 saturated carbocycles. The van der Waals surface area contributed by atoms with Crippen molar-refractivity contribution in [2.75, 3.05) is 13.1 Å². The van der Waals surface area contributed by atoms with Crippen LogP contribution in [0.25, 0.3) is 0 Å². The van der Waals surface area contributed by atoms with Crippen molar-refractivity contribution in [1.82, 2.24) is 9.80 Å². The van der Waals surface area contributed by atoms with E-state index in [9.17, 15) is 9.59 Å². The maximum absolute atomic E-state index is 12.4. The zero-order chi connectivity index (χ0) is 16.3. The summed E-state index contributed by atoms with van der Waals surface area (Å²) in [5.41, 5.74) is 0.0713. The van der Waals surface area contributed by atoms with Crippen molar-refractivity contribution in [3.8, 4) is 0 Å². The van der Waals surface area contributed by atoms with E-state index in [0.717, 1.165) is 5.92 Å². The van der Waals surface area contributed by atoms with E-state index in [-0.39, 0.29) is 22.5 Å². The van der Waals surface area contributed by atoms with Gasteiger partial charge >= 0.3 is 0 Å². The summed E-state index contributed by atoms with van der Waals surface area (Å²) in [5, 5.41) is 0.723. The van der Waals surface area contributed by atoms with Crippen molar-refractivity contribution in [1.29, 1.82) is 0 Å². The van der Waals surface area contributed by atoms with E-state index in [2.05, 4.69) is 0 Å². The number of halogens is 1. The van der Waals surface area contributed by atoms with Crippen LogP contribution in [0.2, 0.25) is 0 Å². The Morgan fingerprint density at radius 1 is 1.14 bits per heavy atom. The molecule has 0 unspecified atom stereocenters. The molecule has 0 N–H and O–H groups in total. The largest absolute Gasteiger partial charge is 0.285 e. The SMILES string of the molecule is CCN1C(=O)C(=C/C=C(\Cl)[C]2[CH][CH][CH][CH]2)C(=O)N(CC)C1=S. The number of amides is 2. The normalized spacial score (nSPS) is 21.1. The molecule has 115 valence electrons. The second-order valence-corrected chi connectivity index (χ2v) is 5.42. The van der Waals surface area contributed by atoms with Crippen LogP contribution in [0, 0.1) is 31.6 Å². The van der Waals surface area contributed by atoms with Gasteiger partial charge in [-0.05, 0) is 63.9 Å². The quantitative estimate of drug-likeness (QED) is 0.450. The molecule has 2 rings (SSSR count). The maximum atomic E-state index is 12.4. The van der Waals surface area contributed by atoms with Crippen LogP contribution in [0.3, 0.4) is 0 Å². The Morgan fingerprint density at radius 3 is 2.09 bits per heavy atom. The third-order valence-corrected chi connectivity index (χ3v) is 4.17. The van der Waals surface area contributed by atoms with Crippen LogP contribution in [0.5, 0.6) is 0 Å². The van der Waals surface area contributed by atoms with E-state index in [4.69, 9.17) is 23.8 Å². The zero-order valence-electron chi connectivity index (χ0n) is 12.4. The van der Waals surface area contributed by atoms with Crippen LogP contribution in [0.15, 0.2) is 22.8 Å². The summed E-state index contributed by atoms with van der Waals surface area (Å²) in [6.45, 7) is 4.47. The van der Waals surface area contributed by atoms with E-state index in [0.29, 0.717) is 18.1 Å². The average Bonchev–Trinajstić information content (AvgIpc) is 3.02. The molecule has 2 fully saturated rings. The molecule has 0 aromatic rings. The molecule has 22 heavy (non-hydrogen) atoms. The summed E-state index contributed by atoms with van der Waals surface area (Å²) in [5.74, 6) is 0.0697. The number of likely N-dealkylation sites (N-methyl/N-ethyl adjacent to an activating group) is 2. The minimum absolute atomic E-state index is 0.0713. The van der Waals surface area contributed by atoms with Crippen LogP contribution in [-0.4, -0.2) is 39.8 Å².